The van der Waals surface area contributed by atoms with Crippen LogP contribution in [0.3, 0.4) is 0 Å². The second kappa shape index (κ2) is 10.2. The Balaban J connectivity index is 1.93. The molecule has 1 fully saturated rings. The minimum atomic E-state index is -0.0733. The van der Waals surface area contributed by atoms with Gasteiger partial charge in [-0.25, -0.2) is 9.97 Å². The Morgan fingerprint density at radius 2 is 2.20 bits per heavy atom. The van der Waals surface area contributed by atoms with Gasteiger partial charge in [-0.05, 0) is 33.0 Å². The van der Waals surface area contributed by atoms with Gasteiger partial charge in [0, 0.05) is 32.8 Å². The van der Waals surface area contributed by atoms with Crippen molar-refractivity contribution in [3.05, 3.63) is 11.2 Å². The summed E-state index contributed by atoms with van der Waals surface area (Å²) < 4.78 is 4.90. The molecule has 1 aromatic heterocycles. The molecule has 2 heterocycles. The Labute approximate surface area is 158 Å². The zero-order valence-electron chi connectivity index (χ0n) is 15.0. The zero-order chi connectivity index (χ0) is 18.2. The van der Waals surface area contributed by atoms with E-state index in [1.165, 1.54) is 11.8 Å². The molecule has 1 aliphatic rings. The van der Waals surface area contributed by atoms with Crippen LogP contribution in [-0.2, 0) is 9.53 Å². The van der Waals surface area contributed by atoms with Gasteiger partial charge < -0.3 is 19.9 Å². The summed E-state index contributed by atoms with van der Waals surface area (Å²) in [4.78, 5) is 25.1. The lowest BCUT2D eigenvalue weighted by atomic mass is 10.0. The minimum absolute atomic E-state index is 0.0733. The molecule has 9 heteroatoms. The number of hydrogen-bond acceptors (Lipinski definition) is 7. The highest BCUT2D eigenvalue weighted by Crippen LogP contribution is 2.25. The van der Waals surface area contributed by atoms with Crippen LogP contribution in [0.5, 0.6) is 0 Å². The summed E-state index contributed by atoms with van der Waals surface area (Å²) in [7, 11) is 5.79. The fourth-order valence-electron chi connectivity index (χ4n) is 2.67. The summed E-state index contributed by atoms with van der Waals surface area (Å²) in [5.74, 6) is 0.981. The number of hydrogen-bond donors (Lipinski definition) is 1. The Kier molecular flexibility index (Phi) is 8.21. The van der Waals surface area contributed by atoms with Gasteiger partial charge in [-0.3, -0.25) is 4.79 Å². The lowest BCUT2D eigenvalue weighted by Gasteiger charge is -2.35. The average Bonchev–Trinajstić information content (AvgIpc) is 2.60. The number of aromatic nitrogens is 2. The van der Waals surface area contributed by atoms with E-state index in [4.69, 9.17) is 16.3 Å². The number of carbonyl (C=O) groups is 1. The van der Waals surface area contributed by atoms with E-state index in [1.54, 1.807) is 13.2 Å². The lowest BCUT2D eigenvalue weighted by molar-refractivity contribution is -0.118. The van der Waals surface area contributed by atoms with Crippen LogP contribution in [-0.4, -0.2) is 80.0 Å². The molecule has 1 aromatic rings. The molecule has 0 spiro atoms. The van der Waals surface area contributed by atoms with E-state index < -0.39 is 0 Å². The van der Waals surface area contributed by atoms with Gasteiger partial charge in [0.25, 0.3) is 0 Å². The van der Waals surface area contributed by atoms with Gasteiger partial charge in [-0.15, -0.1) is 0 Å². The molecule has 0 unspecified atom stereocenters. The molecule has 140 valence electrons. The highest BCUT2D eigenvalue weighted by molar-refractivity contribution is 7.99. The summed E-state index contributed by atoms with van der Waals surface area (Å²) in [5.41, 5.74) is 0. The number of likely N-dealkylation sites (tertiary alicyclic amines) is 1. The van der Waals surface area contributed by atoms with Gasteiger partial charge >= 0.3 is 0 Å². The SMILES string of the molecule is COCCNC(=O)CSc1nc(Cl)cc(N(C)C2CCN(C)CC2)n1. The molecule has 1 N–H and O–H groups in total. The molecule has 1 aliphatic heterocycles. The highest BCUT2D eigenvalue weighted by atomic mass is 35.5. The maximum atomic E-state index is 11.8. The van der Waals surface area contributed by atoms with Crippen molar-refractivity contribution in [2.75, 3.05) is 58.1 Å². The number of nitrogens with one attached hydrogen (secondary N) is 1. The van der Waals surface area contributed by atoms with Crippen molar-refractivity contribution in [2.45, 2.75) is 24.0 Å². The van der Waals surface area contributed by atoms with Gasteiger partial charge in [0.1, 0.15) is 11.0 Å². The minimum Gasteiger partial charge on any atom is -0.383 e. The molecule has 2 rings (SSSR count). The van der Waals surface area contributed by atoms with Crippen molar-refractivity contribution in [1.29, 1.82) is 0 Å². The van der Waals surface area contributed by atoms with E-state index in [0.717, 1.165) is 31.7 Å². The summed E-state index contributed by atoms with van der Waals surface area (Å²) in [6, 6.07) is 2.22. The first-order valence-electron chi connectivity index (χ1n) is 8.34. The van der Waals surface area contributed by atoms with Crippen molar-refractivity contribution < 1.29 is 9.53 Å². The summed E-state index contributed by atoms with van der Waals surface area (Å²) in [6.07, 6.45) is 2.19. The molecule has 0 aromatic carbocycles. The Morgan fingerprint density at radius 3 is 2.88 bits per heavy atom. The van der Waals surface area contributed by atoms with Crippen molar-refractivity contribution in [2.24, 2.45) is 0 Å². The zero-order valence-corrected chi connectivity index (χ0v) is 16.6. The van der Waals surface area contributed by atoms with E-state index in [2.05, 4.69) is 32.1 Å². The fraction of sp³-hybridized carbons (Fsp3) is 0.688. The Hall–Kier alpha value is -1.09. The average molecular weight is 388 g/mol. The van der Waals surface area contributed by atoms with Crippen LogP contribution in [0.4, 0.5) is 5.82 Å². The summed E-state index contributed by atoms with van der Waals surface area (Å²) in [5, 5.41) is 3.69. The first-order valence-corrected chi connectivity index (χ1v) is 9.70. The molecule has 0 radical (unpaired) electrons. The largest absolute Gasteiger partial charge is 0.383 e. The van der Waals surface area contributed by atoms with Crippen molar-refractivity contribution in [3.8, 4) is 0 Å². The van der Waals surface area contributed by atoms with Crippen LogP contribution >= 0.6 is 23.4 Å². The van der Waals surface area contributed by atoms with Crippen molar-refractivity contribution >= 4 is 35.1 Å². The second-order valence-electron chi connectivity index (χ2n) is 6.11. The number of rotatable bonds is 8. The summed E-state index contributed by atoms with van der Waals surface area (Å²) >= 11 is 7.44. The lowest BCUT2D eigenvalue weighted by Crippen LogP contribution is -2.42. The van der Waals surface area contributed by atoms with E-state index in [-0.39, 0.29) is 11.7 Å². The Bertz CT molecular complexity index is 569. The van der Waals surface area contributed by atoms with Gasteiger partial charge in [0.05, 0.1) is 12.4 Å². The predicted octanol–water partition coefficient (Wildman–Crippen LogP) is 1.52. The maximum absolute atomic E-state index is 11.8. The van der Waals surface area contributed by atoms with Crippen LogP contribution in [0.2, 0.25) is 5.15 Å². The maximum Gasteiger partial charge on any atom is 0.230 e. The van der Waals surface area contributed by atoms with Gasteiger partial charge in [-0.2, -0.15) is 0 Å². The third-order valence-corrected chi connectivity index (χ3v) is 5.26. The third-order valence-electron chi connectivity index (χ3n) is 4.22. The topological polar surface area (TPSA) is 70.6 Å². The van der Waals surface area contributed by atoms with Gasteiger partial charge in [0.2, 0.25) is 5.91 Å². The number of amides is 1. The molecular weight excluding hydrogens is 362 g/mol. The summed E-state index contributed by atoms with van der Waals surface area (Å²) in [6.45, 7) is 3.15. The van der Waals surface area contributed by atoms with E-state index in [1.807, 2.05) is 7.05 Å². The highest BCUT2D eigenvalue weighted by Gasteiger charge is 2.22. The predicted molar refractivity (Wildman–Crippen MR) is 102 cm³/mol. The smallest absolute Gasteiger partial charge is 0.230 e. The number of ether oxygens (including phenoxy) is 1. The number of carbonyl (C=O) groups excluding carboxylic acids is 1. The first-order chi connectivity index (χ1) is 12.0. The van der Waals surface area contributed by atoms with E-state index >= 15 is 0 Å². The third kappa shape index (κ3) is 6.62. The fourth-order valence-corrected chi connectivity index (χ4v) is 3.58. The number of methoxy groups -OCH3 is 1. The first kappa shape index (κ1) is 20.2. The van der Waals surface area contributed by atoms with Crippen molar-refractivity contribution in [1.82, 2.24) is 20.2 Å². The van der Waals surface area contributed by atoms with E-state index in [0.29, 0.717) is 29.5 Å². The number of halogens is 1. The van der Waals surface area contributed by atoms with Gasteiger partial charge in [-0.1, -0.05) is 23.4 Å². The molecule has 25 heavy (non-hydrogen) atoms. The number of piperidine rings is 1. The molecule has 0 saturated carbocycles. The Morgan fingerprint density at radius 1 is 1.48 bits per heavy atom. The van der Waals surface area contributed by atoms with Crippen LogP contribution in [0, 0.1) is 0 Å². The normalized spacial score (nSPS) is 16.0. The van der Waals surface area contributed by atoms with Crippen LogP contribution in [0.1, 0.15) is 12.8 Å². The van der Waals surface area contributed by atoms with Crippen LogP contribution < -0.4 is 10.2 Å². The standard InChI is InChI=1S/C16H26ClN5O2S/c1-21-7-4-12(5-8-21)22(2)14-10-13(17)19-16(20-14)25-11-15(23)18-6-9-24-3/h10,12H,4-9,11H2,1-3H3,(H,18,23). The molecule has 0 atom stereocenters. The molecule has 0 bridgehead atoms. The van der Waals surface area contributed by atoms with Crippen molar-refractivity contribution in [3.63, 3.8) is 0 Å². The molecule has 1 amide bonds. The number of thioether (sulfide) groups is 1. The second-order valence-corrected chi connectivity index (χ2v) is 7.44. The molecular formula is C16H26ClN5O2S. The number of anilines is 1. The van der Waals surface area contributed by atoms with E-state index in [9.17, 15) is 4.79 Å². The molecule has 0 aliphatic carbocycles. The number of nitrogens with zero attached hydrogens (tertiary/aromatic N) is 4. The molecule has 1 saturated heterocycles. The van der Waals surface area contributed by atoms with Crippen LogP contribution in [0.25, 0.3) is 0 Å². The molecule has 7 nitrogen and oxygen atoms in total. The van der Waals surface area contributed by atoms with Crippen LogP contribution in [0.15, 0.2) is 11.2 Å². The van der Waals surface area contributed by atoms with Gasteiger partial charge in [0.15, 0.2) is 5.16 Å². The quantitative estimate of drug-likeness (QED) is 0.314. The monoisotopic (exact) mass is 387 g/mol.